The highest BCUT2D eigenvalue weighted by Crippen LogP contribution is 2.13. The van der Waals surface area contributed by atoms with Gasteiger partial charge in [-0.15, -0.1) is 0 Å². The molecule has 0 radical (unpaired) electrons. The van der Waals surface area contributed by atoms with E-state index in [0.717, 1.165) is 11.0 Å². The molecule has 2 unspecified atom stereocenters. The summed E-state index contributed by atoms with van der Waals surface area (Å²) >= 11 is 0. The fraction of sp³-hybridized carbons (Fsp3) is 0.952. The first-order valence-electron chi connectivity index (χ1n) is 10.6. The van der Waals surface area contributed by atoms with Crippen molar-refractivity contribution in [1.29, 1.82) is 0 Å². The van der Waals surface area contributed by atoms with Crippen LogP contribution in [0.1, 0.15) is 84.0 Å². The van der Waals surface area contributed by atoms with Gasteiger partial charge in [-0.05, 0) is 12.8 Å². The zero-order valence-corrected chi connectivity index (χ0v) is 18.8. The van der Waals surface area contributed by atoms with Crippen LogP contribution < -0.4 is 0 Å². The van der Waals surface area contributed by atoms with Crippen LogP contribution in [0.2, 0.25) is 0 Å². The standard InChI is InChI=1S/C21H45NO3S/c1-6-7-8-9-10-11-12-13-14-15-16-17-18-22(2,3)19-21(25-4)20-26(5,23)24/h21H,5-20H2,1-4H3. The highest BCUT2D eigenvalue weighted by molar-refractivity contribution is 7.95. The van der Waals surface area contributed by atoms with Gasteiger partial charge in [-0.3, -0.25) is 4.21 Å². The maximum Gasteiger partial charge on any atom is 0.116 e. The number of quaternary nitrogens is 1. The molecule has 0 heterocycles. The molecule has 4 nitrogen and oxygen atoms in total. The van der Waals surface area contributed by atoms with E-state index in [-0.39, 0.29) is 11.9 Å². The molecule has 0 aromatic rings. The third-order valence-corrected chi connectivity index (χ3v) is 5.97. The summed E-state index contributed by atoms with van der Waals surface area (Å²) in [7, 11) is 2.65. The van der Waals surface area contributed by atoms with Crippen molar-refractivity contribution in [3.05, 3.63) is 0 Å². The summed E-state index contributed by atoms with van der Waals surface area (Å²) in [5.41, 5.74) is 0. The minimum Gasteiger partial charge on any atom is -0.778 e. The van der Waals surface area contributed by atoms with E-state index in [4.69, 9.17) is 4.74 Å². The largest absolute Gasteiger partial charge is 0.778 e. The molecule has 0 aliphatic rings. The molecule has 158 valence electrons. The van der Waals surface area contributed by atoms with E-state index in [9.17, 15) is 8.76 Å². The molecule has 0 N–H and O–H groups in total. The lowest BCUT2D eigenvalue weighted by molar-refractivity contribution is -0.893. The number of hydrogen-bond acceptors (Lipinski definition) is 3. The van der Waals surface area contributed by atoms with Crippen molar-refractivity contribution >= 4 is 15.7 Å². The zero-order chi connectivity index (χ0) is 19.9. The van der Waals surface area contributed by atoms with Crippen molar-refractivity contribution in [1.82, 2.24) is 0 Å². The van der Waals surface area contributed by atoms with Gasteiger partial charge in [-0.25, -0.2) is 0 Å². The van der Waals surface area contributed by atoms with Gasteiger partial charge in [0.2, 0.25) is 0 Å². The van der Waals surface area contributed by atoms with Gasteiger partial charge in [0.25, 0.3) is 0 Å². The normalized spacial score (nSPS) is 15.7. The van der Waals surface area contributed by atoms with E-state index >= 15 is 0 Å². The van der Waals surface area contributed by atoms with E-state index in [2.05, 4.69) is 26.9 Å². The van der Waals surface area contributed by atoms with Gasteiger partial charge in [-0.2, -0.15) is 0 Å². The Bertz CT molecular complexity index is 421. The minimum atomic E-state index is -3.24. The van der Waals surface area contributed by atoms with E-state index in [0.29, 0.717) is 6.54 Å². The molecule has 0 aromatic heterocycles. The molecule has 26 heavy (non-hydrogen) atoms. The maximum atomic E-state index is 11.4. The molecule has 5 heteroatoms. The number of methoxy groups -OCH3 is 1. The van der Waals surface area contributed by atoms with E-state index in [1.165, 1.54) is 77.0 Å². The molecule has 0 rings (SSSR count). The summed E-state index contributed by atoms with van der Waals surface area (Å²) in [5.74, 6) is 3.21. The van der Waals surface area contributed by atoms with Crippen molar-refractivity contribution in [3.8, 4) is 0 Å². The lowest BCUT2D eigenvalue weighted by atomic mass is 10.1. The number of hydrogen-bond donors (Lipinski definition) is 0. The van der Waals surface area contributed by atoms with Gasteiger partial charge in [-0.1, -0.05) is 86.8 Å². The van der Waals surface area contributed by atoms with Crippen LogP contribution in [-0.2, 0) is 14.5 Å². The lowest BCUT2D eigenvalue weighted by Crippen LogP contribution is -2.48. The molecule has 0 aliphatic carbocycles. The number of rotatable bonds is 18. The lowest BCUT2D eigenvalue weighted by Gasteiger charge is -2.34. The second kappa shape index (κ2) is 14.9. The smallest absolute Gasteiger partial charge is 0.116 e. The SMILES string of the molecule is C=S(=O)([O-])CC(C[N+](C)(C)CCCCCCCCCCCCCC)OC. The number of ether oxygens (including phenoxy) is 1. The quantitative estimate of drug-likeness (QED) is 0.194. The average Bonchev–Trinajstić information content (AvgIpc) is 2.53. The van der Waals surface area contributed by atoms with Crippen molar-refractivity contribution in [2.75, 3.05) is 40.0 Å². The molecular weight excluding hydrogens is 346 g/mol. The first-order valence-corrected chi connectivity index (χ1v) is 12.4. The topological polar surface area (TPSA) is 49.4 Å². The first kappa shape index (κ1) is 25.9. The fourth-order valence-corrected chi connectivity index (χ4v) is 4.31. The molecule has 0 fully saturated rings. The fourth-order valence-electron chi connectivity index (χ4n) is 3.50. The van der Waals surface area contributed by atoms with E-state index in [1.807, 2.05) is 0 Å². The Morgan fingerprint density at radius 3 is 1.73 bits per heavy atom. The van der Waals surface area contributed by atoms with Gasteiger partial charge in [0.05, 0.1) is 20.6 Å². The Kier molecular flexibility index (Phi) is 14.8. The first-order chi connectivity index (χ1) is 12.2. The number of likely N-dealkylation sites (N-methyl/N-ethyl adjacent to an activating group) is 1. The summed E-state index contributed by atoms with van der Waals surface area (Å²) in [6, 6.07) is 0. The molecule has 0 saturated heterocycles. The van der Waals surface area contributed by atoms with Gasteiger partial charge >= 0.3 is 0 Å². The van der Waals surface area contributed by atoms with Gasteiger partial charge < -0.3 is 13.8 Å². The predicted octanol–water partition coefficient (Wildman–Crippen LogP) is 4.63. The summed E-state index contributed by atoms with van der Waals surface area (Å²) < 4.78 is 28.9. The molecule has 0 aromatic carbocycles. The predicted molar refractivity (Wildman–Crippen MR) is 115 cm³/mol. The number of unbranched alkanes of at least 4 members (excludes halogenated alkanes) is 11. The Morgan fingerprint density at radius 2 is 1.35 bits per heavy atom. The molecule has 0 amide bonds. The van der Waals surface area contributed by atoms with E-state index in [1.54, 1.807) is 7.11 Å². The van der Waals surface area contributed by atoms with Crippen LogP contribution in [0.3, 0.4) is 0 Å². The van der Waals surface area contributed by atoms with Crippen LogP contribution in [0.15, 0.2) is 0 Å². The maximum absolute atomic E-state index is 11.4. The van der Waals surface area contributed by atoms with Gasteiger partial charge in [0.15, 0.2) is 0 Å². The molecule has 0 aliphatic heterocycles. The highest BCUT2D eigenvalue weighted by atomic mass is 32.2. The summed E-state index contributed by atoms with van der Waals surface area (Å²) in [6.45, 7) is 4.04. The second-order valence-corrected chi connectivity index (χ2v) is 10.3. The third-order valence-electron chi connectivity index (χ3n) is 5.09. The van der Waals surface area contributed by atoms with Crippen molar-refractivity contribution in [2.45, 2.75) is 90.1 Å². The zero-order valence-electron chi connectivity index (χ0n) is 18.0. The minimum absolute atomic E-state index is 0.00360. The van der Waals surface area contributed by atoms with Crippen molar-refractivity contribution in [2.24, 2.45) is 0 Å². The van der Waals surface area contributed by atoms with Crippen LogP contribution >= 0.6 is 0 Å². The highest BCUT2D eigenvalue weighted by Gasteiger charge is 2.22. The summed E-state index contributed by atoms with van der Waals surface area (Å²) in [5, 5.41) is 0. The molecule has 0 saturated carbocycles. The molecule has 2 atom stereocenters. The molecule has 0 bridgehead atoms. The monoisotopic (exact) mass is 391 g/mol. The number of nitrogens with zero attached hydrogens (tertiary/aromatic N) is 1. The van der Waals surface area contributed by atoms with Gasteiger partial charge in [0.1, 0.15) is 12.6 Å². The second-order valence-electron chi connectivity index (χ2n) is 8.50. The van der Waals surface area contributed by atoms with Gasteiger partial charge in [0, 0.05) is 12.9 Å². The molecular formula is C21H45NO3S. The van der Waals surface area contributed by atoms with Crippen molar-refractivity contribution in [3.63, 3.8) is 0 Å². The Morgan fingerprint density at radius 1 is 0.923 bits per heavy atom. The molecule has 0 spiro atoms. The Hall–Kier alpha value is -0.100. The van der Waals surface area contributed by atoms with Crippen molar-refractivity contribution < 1.29 is 18.0 Å². The third kappa shape index (κ3) is 17.3. The van der Waals surface area contributed by atoms with Crippen LogP contribution in [-0.4, -0.2) is 65.3 Å². The van der Waals surface area contributed by atoms with Crippen LogP contribution in [0.5, 0.6) is 0 Å². The summed E-state index contributed by atoms with van der Waals surface area (Å²) in [6.07, 6.45) is 16.0. The Labute approximate surface area is 164 Å². The van der Waals surface area contributed by atoms with E-state index < -0.39 is 9.80 Å². The van der Waals surface area contributed by atoms with Crippen LogP contribution in [0.4, 0.5) is 0 Å². The summed E-state index contributed by atoms with van der Waals surface area (Å²) in [4.78, 5) is 0. The van der Waals surface area contributed by atoms with Crippen LogP contribution in [0, 0.1) is 0 Å². The Balaban J connectivity index is 3.66. The van der Waals surface area contributed by atoms with Crippen LogP contribution in [0.25, 0.3) is 0 Å². The average molecular weight is 392 g/mol.